The molecule has 0 aromatic heterocycles. The molecule has 12 aromatic carbocycles. The summed E-state index contributed by atoms with van der Waals surface area (Å²) in [5.41, 5.74) is 31.9. The maximum atomic E-state index is 2.51. The lowest BCUT2D eigenvalue weighted by Gasteiger charge is -2.36. The van der Waals surface area contributed by atoms with Gasteiger partial charge in [0.1, 0.15) is 0 Å². The summed E-state index contributed by atoms with van der Waals surface area (Å²) in [5.74, 6) is 0. The Morgan fingerprint density at radius 1 is 0.264 bits per heavy atom. The van der Waals surface area contributed by atoms with Crippen LogP contribution in [0.3, 0.4) is 0 Å². The summed E-state index contributed by atoms with van der Waals surface area (Å²) in [6.07, 6.45) is 0. The van der Waals surface area contributed by atoms with Crippen LogP contribution in [0, 0.1) is 0 Å². The highest BCUT2D eigenvalue weighted by atomic mass is 15.1. The van der Waals surface area contributed by atoms with E-state index in [2.05, 4.69) is 346 Å². The van der Waals surface area contributed by atoms with E-state index in [4.69, 9.17) is 0 Å². The highest BCUT2D eigenvalue weighted by Gasteiger charge is 2.47. The van der Waals surface area contributed by atoms with Gasteiger partial charge < -0.3 is 4.90 Å². The van der Waals surface area contributed by atoms with Crippen LogP contribution in [0.25, 0.3) is 66.8 Å². The Kier molecular flexibility index (Phi) is 12.4. The van der Waals surface area contributed by atoms with E-state index in [0.29, 0.717) is 0 Å². The predicted molar refractivity (Wildman–Crippen MR) is 367 cm³/mol. The normalized spacial score (nSPS) is 15.6. The Balaban J connectivity index is 0.895. The van der Waals surface area contributed by atoms with Crippen molar-refractivity contribution >= 4 is 17.1 Å². The lowest BCUT2D eigenvalue weighted by atomic mass is 9.67. The Hall–Kier alpha value is -9.56. The van der Waals surface area contributed by atoms with Crippen molar-refractivity contribution in [2.24, 2.45) is 0 Å². The Bertz CT molecular complexity index is 4580. The minimum absolute atomic E-state index is 0.00656. The molecule has 1 nitrogen and oxygen atoms in total. The van der Waals surface area contributed by atoms with Crippen LogP contribution < -0.4 is 4.90 Å². The molecule has 1 heteroatoms. The molecule has 0 spiro atoms. The molecule has 422 valence electrons. The first-order valence-corrected chi connectivity index (χ1v) is 31.1. The first-order chi connectivity index (χ1) is 42.0. The van der Waals surface area contributed by atoms with E-state index in [1.54, 1.807) is 0 Å². The smallest absolute Gasteiger partial charge is 0.0714 e. The number of anilines is 3. The fourth-order valence-corrected chi connectivity index (χ4v) is 15.5. The summed E-state index contributed by atoms with van der Waals surface area (Å²) in [6.45, 7) is 21.0. The quantitative estimate of drug-likeness (QED) is 0.139. The van der Waals surface area contributed by atoms with Crippen LogP contribution in [0.2, 0.25) is 0 Å². The monoisotopic (exact) mass is 1120 g/mol. The van der Waals surface area contributed by atoms with E-state index in [-0.39, 0.29) is 21.7 Å². The second kappa shape index (κ2) is 20.0. The fourth-order valence-electron chi connectivity index (χ4n) is 15.5. The second-order valence-electron chi connectivity index (χ2n) is 27.4. The van der Waals surface area contributed by atoms with E-state index in [9.17, 15) is 0 Å². The van der Waals surface area contributed by atoms with Gasteiger partial charge in [-0.05, 0) is 188 Å². The van der Waals surface area contributed by atoms with Gasteiger partial charge >= 0.3 is 0 Å². The van der Waals surface area contributed by atoms with Crippen LogP contribution >= 0.6 is 0 Å². The molecule has 0 bridgehead atoms. The largest absolute Gasteiger partial charge is 0.310 e. The number of fused-ring (bicyclic) bond motifs is 9. The van der Waals surface area contributed by atoms with Gasteiger partial charge in [-0.15, -0.1) is 0 Å². The lowest BCUT2D eigenvalue weighted by Crippen LogP contribution is -2.29. The SMILES string of the molecule is CC(C)(C)c1ccc(C2(c3ccc(C(C)(C)C)cc3)c3ccccc3-c3ccc(N(c4ccc(-c5ccc6c(c5)C(C)(c5ccccc5)c5ccccc5-6)cc4)c4ccc(-c5ccccc5-c5cccc6c5C(C)(C)c5ccccc5-6)cc4)cc32)cc1. The molecule has 0 saturated heterocycles. The molecule has 0 radical (unpaired) electrons. The van der Waals surface area contributed by atoms with Gasteiger partial charge in [-0.2, -0.15) is 0 Å². The highest BCUT2D eigenvalue weighted by Crippen LogP contribution is 2.59. The molecule has 12 aromatic rings. The molecule has 0 fully saturated rings. The summed E-state index contributed by atoms with van der Waals surface area (Å²) in [5, 5.41) is 0. The van der Waals surface area contributed by atoms with E-state index in [0.717, 1.165) is 17.1 Å². The van der Waals surface area contributed by atoms with Crippen LogP contribution in [0.4, 0.5) is 17.1 Å². The zero-order valence-corrected chi connectivity index (χ0v) is 51.5. The molecular formula is C86H73N. The molecule has 0 saturated carbocycles. The maximum absolute atomic E-state index is 2.51. The number of hydrogen-bond donors (Lipinski definition) is 0. The van der Waals surface area contributed by atoms with Gasteiger partial charge in [-0.1, -0.05) is 292 Å². The predicted octanol–water partition coefficient (Wildman–Crippen LogP) is 22.8. The van der Waals surface area contributed by atoms with Gasteiger partial charge in [0.05, 0.1) is 5.41 Å². The third kappa shape index (κ3) is 8.41. The summed E-state index contributed by atoms with van der Waals surface area (Å²) in [7, 11) is 0. The third-order valence-electron chi connectivity index (χ3n) is 20.0. The van der Waals surface area contributed by atoms with Crippen molar-refractivity contribution in [3.05, 3.63) is 340 Å². The fraction of sp³-hybridized carbons (Fsp3) is 0.163. The summed E-state index contributed by atoms with van der Waals surface area (Å²) in [6, 6.07) is 106. The molecule has 87 heavy (non-hydrogen) atoms. The number of nitrogens with zero attached hydrogens (tertiary/aromatic N) is 1. The third-order valence-corrected chi connectivity index (χ3v) is 20.0. The minimum Gasteiger partial charge on any atom is -0.310 e. The van der Waals surface area contributed by atoms with Crippen LogP contribution in [0.1, 0.15) is 124 Å². The molecule has 0 N–H and O–H groups in total. The summed E-state index contributed by atoms with van der Waals surface area (Å²) < 4.78 is 0. The number of benzene rings is 12. The van der Waals surface area contributed by atoms with Gasteiger partial charge in [0.2, 0.25) is 0 Å². The van der Waals surface area contributed by atoms with E-state index in [1.807, 2.05) is 0 Å². The number of rotatable bonds is 9. The minimum atomic E-state index is -0.604. The van der Waals surface area contributed by atoms with E-state index in [1.165, 1.54) is 128 Å². The molecule has 3 aliphatic carbocycles. The molecular weight excluding hydrogens is 1050 g/mol. The van der Waals surface area contributed by atoms with Gasteiger partial charge in [0, 0.05) is 27.9 Å². The van der Waals surface area contributed by atoms with Gasteiger partial charge in [0.15, 0.2) is 0 Å². The van der Waals surface area contributed by atoms with Crippen molar-refractivity contribution in [2.75, 3.05) is 4.90 Å². The highest BCUT2D eigenvalue weighted by molar-refractivity contribution is 5.95. The van der Waals surface area contributed by atoms with E-state index >= 15 is 0 Å². The number of hydrogen-bond acceptors (Lipinski definition) is 1. The molecule has 0 amide bonds. The second-order valence-corrected chi connectivity index (χ2v) is 27.4. The molecule has 0 heterocycles. The first kappa shape index (κ1) is 54.1. The van der Waals surface area contributed by atoms with Gasteiger partial charge in [-0.25, -0.2) is 0 Å². The zero-order chi connectivity index (χ0) is 59.6. The molecule has 1 atom stereocenters. The van der Waals surface area contributed by atoms with Gasteiger partial charge in [-0.3, -0.25) is 0 Å². The average Bonchev–Trinajstić information content (AvgIpc) is 1.60. The summed E-state index contributed by atoms with van der Waals surface area (Å²) >= 11 is 0. The maximum Gasteiger partial charge on any atom is 0.0714 e. The van der Waals surface area contributed by atoms with Crippen molar-refractivity contribution in [3.8, 4) is 66.8 Å². The molecule has 0 aliphatic heterocycles. The Labute approximate surface area is 515 Å². The van der Waals surface area contributed by atoms with Crippen molar-refractivity contribution in [1.82, 2.24) is 0 Å². The first-order valence-electron chi connectivity index (χ1n) is 31.1. The zero-order valence-electron chi connectivity index (χ0n) is 51.5. The van der Waals surface area contributed by atoms with Crippen molar-refractivity contribution in [2.45, 2.75) is 89.4 Å². The van der Waals surface area contributed by atoms with Crippen LogP contribution in [-0.4, -0.2) is 0 Å². The molecule has 15 rings (SSSR count). The van der Waals surface area contributed by atoms with Gasteiger partial charge in [0.25, 0.3) is 0 Å². The Morgan fingerprint density at radius 2 is 0.678 bits per heavy atom. The summed E-state index contributed by atoms with van der Waals surface area (Å²) in [4.78, 5) is 2.48. The van der Waals surface area contributed by atoms with Crippen molar-refractivity contribution in [3.63, 3.8) is 0 Å². The average molecular weight is 1120 g/mol. The lowest BCUT2D eigenvalue weighted by molar-refractivity contribution is 0.588. The van der Waals surface area contributed by atoms with Crippen molar-refractivity contribution < 1.29 is 0 Å². The Morgan fingerprint density at radius 3 is 1.26 bits per heavy atom. The topological polar surface area (TPSA) is 3.24 Å². The van der Waals surface area contributed by atoms with Crippen molar-refractivity contribution in [1.29, 1.82) is 0 Å². The van der Waals surface area contributed by atoms with Crippen LogP contribution in [0.5, 0.6) is 0 Å². The van der Waals surface area contributed by atoms with E-state index < -0.39 is 5.41 Å². The van der Waals surface area contributed by atoms with Crippen LogP contribution in [0.15, 0.2) is 279 Å². The standard InChI is InChI=1S/C86H73N/c1-82(2,3)59-39-43-62(44-40-59)86(63-45-41-60(42-46-63)83(4,5)6)78-33-20-17-27-70(78)73-53-51-66(55-80(73)86)87(64-47-34-56(35-48-64)58-38-52-72-69-26-16-19-32-77(69)85(9,79(72)54-58)61-22-11-10-12-23-61)65-49-36-57(37-50-65)67-24-13-14-25-68(67)74-29-21-30-75-71-28-15-18-31-76(71)84(7,8)81(74)75/h10-55H,1-9H3. The molecule has 3 aliphatic rings. The van der Waals surface area contributed by atoms with Crippen LogP contribution in [-0.2, 0) is 27.1 Å². The molecule has 1 unspecified atom stereocenters.